The summed E-state index contributed by atoms with van der Waals surface area (Å²) in [5, 5.41) is 2.95. The molecule has 0 aliphatic rings. The van der Waals surface area contributed by atoms with Crippen molar-refractivity contribution in [1.82, 2.24) is 0 Å². The number of methoxy groups -OCH3 is 1. The van der Waals surface area contributed by atoms with Gasteiger partial charge >= 0.3 is 0 Å². The normalized spacial score (nSPS) is 11.2. The minimum atomic E-state index is -0.429. The summed E-state index contributed by atoms with van der Waals surface area (Å²) in [6.07, 6.45) is 0.734. The lowest BCUT2D eigenvalue weighted by atomic mass is 10.2. The van der Waals surface area contributed by atoms with Gasteiger partial charge in [-0.05, 0) is 18.6 Å². The van der Waals surface area contributed by atoms with E-state index in [1.807, 2.05) is 0 Å². The van der Waals surface area contributed by atoms with Crippen molar-refractivity contribution in [3.63, 3.8) is 0 Å². The van der Waals surface area contributed by atoms with Crippen LogP contribution >= 0.6 is 0 Å². The quantitative estimate of drug-likeness (QED) is 0.343. The van der Waals surface area contributed by atoms with Crippen LogP contribution in [0.15, 0.2) is 28.2 Å². The SMILES string of the molecule is COCCCNc1c(F)cccc1N=C(N)N=C(N)N. The van der Waals surface area contributed by atoms with Crippen molar-refractivity contribution < 1.29 is 9.13 Å². The van der Waals surface area contributed by atoms with Gasteiger partial charge in [-0.25, -0.2) is 9.38 Å². The van der Waals surface area contributed by atoms with Crippen LogP contribution in [-0.2, 0) is 4.74 Å². The highest BCUT2D eigenvalue weighted by Crippen LogP contribution is 2.27. The van der Waals surface area contributed by atoms with Gasteiger partial charge in [0.25, 0.3) is 0 Å². The van der Waals surface area contributed by atoms with Crippen LogP contribution in [0.5, 0.6) is 0 Å². The third-order valence-corrected chi connectivity index (χ3v) is 2.30. The van der Waals surface area contributed by atoms with E-state index in [9.17, 15) is 4.39 Å². The van der Waals surface area contributed by atoms with Crippen molar-refractivity contribution in [2.75, 3.05) is 25.6 Å². The van der Waals surface area contributed by atoms with E-state index < -0.39 is 5.82 Å². The van der Waals surface area contributed by atoms with Gasteiger partial charge in [-0.15, -0.1) is 0 Å². The molecule has 7 N–H and O–H groups in total. The number of nitrogens with two attached hydrogens (primary N) is 3. The second-order valence-electron chi connectivity index (χ2n) is 3.91. The van der Waals surface area contributed by atoms with Crippen LogP contribution in [0, 0.1) is 5.82 Å². The topological polar surface area (TPSA) is 124 Å². The fraction of sp³-hybridized carbons (Fsp3) is 0.333. The van der Waals surface area contributed by atoms with Crippen molar-refractivity contribution >= 4 is 23.3 Å². The maximum atomic E-state index is 13.8. The fourth-order valence-electron chi connectivity index (χ4n) is 1.49. The zero-order chi connectivity index (χ0) is 15.0. The number of halogens is 1. The molecule has 1 aromatic carbocycles. The first kappa shape index (κ1) is 15.7. The largest absolute Gasteiger partial charge is 0.385 e. The Labute approximate surface area is 116 Å². The molecule has 7 nitrogen and oxygen atoms in total. The van der Waals surface area contributed by atoms with Gasteiger partial charge in [-0.1, -0.05) is 6.07 Å². The molecular formula is C12H19FN6O. The highest BCUT2D eigenvalue weighted by Gasteiger charge is 2.07. The van der Waals surface area contributed by atoms with E-state index in [0.29, 0.717) is 18.8 Å². The molecule has 0 saturated carbocycles. The highest BCUT2D eigenvalue weighted by molar-refractivity contribution is 5.94. The van der Waals surface area contributed by atoms with E-state index in [0.717, 1.165) is 6.42 Å². The van der Waals surface area contributed by atoms with Gasteiger partial charge in [0, 0.05) is 20.3 Å². The molecule has 1 aromatic rings. The number of rotatable bonds is 6. The Morgan fingerprint density at radius 2 is 2.10 bits per heavy atom. The number of hydrogen-bond acceptors (Lipinski definition) is 3. The van der Waals surface area contributed by atoms with Crippen LogP contribution < -0.4 is 22.5 Å². The Hall–Kier alpha value is -2.35. The molecule has 0 unspecified atom stereocenters. The Kier molecular flexibility index (Phi) is 6.24. The standard InChI is InChI=1S/C12H19FN6O/c1-20-7-3-6-17-10-8(13)4-2-5-9(10)18-12(16)19-11(14)15/h2,4-5,17H,3,6-7H2,1H3,(H6,14,15,16,18,19). The van der Waals surface area contributed by atoms with Crippen molar-refractivity contribution in [2.45, 2.75) is 6.42 Å². The first-order valence-corrected chi connectivity index (χ1v) is 5.99. The number of ether oxygens (including phenoxy) is 1. The fourth-order valence-corrected chi connectivity index (χ4v) is 1.49. The summed E-state index contributed by atoms with van der Waals surface area (Å²) in [5.41, 5.74) is 16.5. The molecule has 0 aromatic heterocycles. The number of hydrogen-bond donors (Lipinski definition) is 4. The smallest absolute Gasteiger partial charge is 0.223 e. The average Bonchev–Trinajstić information content (AvgIpc) is 2.36. The van der Waals surface area contributed by atoms with Gasteiger partial charge in [0.05, 0.1) is 11.4 Å². The van der Waals surface area contributed by atoms with Crippen molar-refractivity contribution in [2.24, 2.45) is 27.2 Å². The minimum absolute atomic E-state index is 0.143. The first-order chi connectivity index (χ1) is 9.54. The summed E-state index contributed by atoms with van der Waals surface area (Å²) in [7, 11) is 1.61. The maximum Gasteiger partial charge on any atom is 0.223 e. The number of anilines is 1. The monoisotopic (exact) mass is 282 g/mol. The molecule has 0 fully saturated rings. The molecule has 0 spiro atoms. The van der Waals surface area contributed by atoms with Crippen LogP contribution in [-0.4, -0.2) is 32.2 Å². The molecule has 8 heteroatoms. The van der Waals surface area contributed by atoms with E-state index in [4.69, 9.17) is 21.9 Å². The first-order valence-electron chi connectivity index (χ1n) is 5.99. The molecular weight excluding hydrogens is 263 g/mol. The Balaban J connectivity index is 2.90. The van der Waals surface area contributed by atoms with Gasteiger partial charge in [-0.2, -0.15) is 4.99 Å². The summed E-state index contributed by atoms with van der Waals surface area (Å²) in [6.45, 7) is 1.12. The molecule has 0 heterocycles. The van der Waals surface area contributed by atoms with Crippen LogP contribution in [0.2, 0.25) is 0 Å². The second kappa shape index (κ2) is 7.95. The number of aliphatic imine (C=N–C) groups is 2. The van der Waals surface area contributed by atoms with E-state index in [1.54, 1.807) is 13.2 Å². The van der Waals surface area contributed by atoms with Crippen LogP contribution in [0.25, 0.3) is 0 Å². The highest BCUT2D eigenvalue weighted by atomic mass is 19.1. The maximum absolute atomic E-state index is 13.8. The van der Waals surface area contributed by atoms with E-state index in [2.05, 4.69) is 15.3 Å². The average molecular weight is 282 g/mol. The van der Waals surface area contributed by atoms with Gasteiger partial charge in [0.15, 0.2) is 5.96 Å². The summed E-state index contributed by atoms with van der Waals surface area (Å²) < 4.78 is 18.7. The second-order valence-corrected chi connectivity index (χ2v) is 3.91. The molecule has 1 rings (SSSR count). The molecule has 20 heavy (non-hydrogen) atoms. The summed E-state index contributed by atoms with van der Waals surface area (Å²) in [5.74, 6) is -0.783. The lowest BCUT2D eigenvalue weighted by molar-refractivity contribution is 0.197. The van der Waals surface area contributed by atoms with Crippen LogP contribution in [0.3, 0.4) is 0 Å². The van der Waals surface area contributed by atoms with Gasteiger partial charge in [0.1, 0.15) is 5.82 Å². The van der Waals surface area contributed by atoms with Crippen molar-refractivity contribution in [3.8, 4) is 0 Å². The van der Waals surface area contributed by atoms with Gasteiger partial charge in [-0.3, -0.25) is 0 Å². The Morgan fingerprint density at radius 3 is 2.75 bits per heavy atom. The third-order valence-electron chi connectivity index (χ3n) is 2.30. The predicted molar refractivity (Wildman–Crippen MR) is 78.5 cm³/mol. The molecule has 110 valence electrons. The minimum Gasteiger partial charge on any atom is -0.385 e. The number of benzene rings is 1. The number of nitrogens with zero attached hydrogens (tertiary/aromatic N) is 2. The molecule has 0 atom stereocenters. The third kappa shape index (κ3) is 5.11. The molecule has 0 radical (unpaired) electrons. The number of nitrogens with one attached hydrogen (secondary N) is 1. The van der Waals surface area contributed by atoms with E-state index in [-0.39, 0.29) is 17.6 Å². The number of para-hydroxylation sites is 1. The molecule has 0 aliphatic heterocycles. The van der Waals surface area contributed by atoms with Crippen LogP contribution in [0.4, 0.5) is 15.8 Å². The van der Waals surface area contributed by atoms with Gasteiger partial charge < -0.3 is 27.3 Å². The summed E-state index contributed by atoms with van der Waals surface area (Å²) in [6, 6.07) is 4.46. The van der Waals surface area contributed by atoms with E-state index in [1.165, 1.54) is 12.1 Å². The summed E-state index contributed by atoms with van der Waals surface area (Å²) >= 11 is 0. The van der Waals surface area contributed by atoms with Gasteiger partial charge in [0.2, 0.25) is 5.96 Å². The van der Waals surface area contributed by atoms with Crippen LogP contribution in [0.1, 0.15) is 6.42 Å². The van der Waals surface area contributed by atoms with E-state index >= 15 is 0 Å². The zero-order valence-electron chi connectivity index (χ0n) is 11.3. The molecule has 0 bridgehead atoms. The summed E-state index contributed by atoms with van der Waals surface area (Å²) in [4.78, 5) is 7.55. The Bertz CT molecular complexity index is 499. The number of guanidine groups is 2. The van der Waals surface area contributed by atoms with Crippen molar-refractivity contribution in [3.05, 3.63) is 24.0 Å². The molecule has 0 amide bonds. The lowest BCUT2D eigenvalue weighted by Gasteiger charge is -2.10. The molecule has 0 saturated heterocycles. The zero-order valence-corrected chi connectivity index (χ0v) is 11.3. The molecule has 0 aliphatic carbocycles. The van der Waals surface area contributed by atoms with Crippen molar-refractivity contribution in [1.29, 1.82) is 0 Å². The Morgan fingerprint density at radius 1 is 1.35 bits per heavy atom. The lowest BCUT2D eigenvalue weighted by Crippen LogP contribution is -2.26. The predicted octanol–water partition coefficient (Wildman–Crippen LogP) is 0.494.